The fourth-order valence-corrected chi connectivity index (χ4v) is 11.1. The summed E-state index contributed by atoms with van der Waals surface area (Å²) in [7, 11) is -2.55. The Kier molecular flexibility index (Phi) is 35.0. The number of carbonyl (C=O) groups excluding carboxylic acids is 1. The monoisotopic (exact) mass is 911 g/mol. The van der Waals surface area contributed by atoms with Crippen LogP contribution in [0.4, 0.5) is 0 Å². The summed E-state index contributed by atoms with van der Waals surface area (Å²) in [5, 5.41) is 2.47. The van der Waals surface area contributed by atoms with Gasteiger partial charge in [0.25, 0.3) is 8.32 Å². The summed E-state index contributed by atoms with van der Waals surface area (Å²) in [4.78, 5) is 12.1. The lowest BCUT2D eigenvalue weighted by molar-refractivity contribution is -0.150. The van der Waals surface area contributed by atoms with Gasteiger partial charge in [0.2, 0.25) is 0 Å². The van der Waals surface area contributed by atoms with Gasteiger partial charge in [-0.2, -0.15) is 0 Å². The molecule has 14 nitrogen and oxygen atoms in total. The number of unbranched alkanes of at least 4 members (excludes halogenated alkanes) is 1. The molecule has 63 heavy (non-hydrogen) atoms. The second-order valence-electron chi connectivity index (χ2n) is 15.7. The van der Waals surface area contributed by atoms with Gasteiger partial charge in [-0.3, -0.25) is 4.79 Å². The van der Waals surface area contributed by atoms with E-state index in [2.05, 4.69) is 88.4 Å². The van der Waals surface area contributed by atoms with Crippen LogP contribution in [0, 0.1) is 5.92 Å². The van der Waals surface area contributed by atoms with Gasteiger partial charge in [-0.25, -0.2) is 0 Å². The molecule has 362 valence electrons. The maximum absolute atomic E-state index is 12.1. The third kappa shape index (κ3) is 27.0. The topological polar surface area (TPSA) is 137 Å². The Morgan fingerprint density at radius 2 is 0.730 bits per heavy atom. The highest BCUT2D eigenvalue weighted by atomic mass is 28.4. The number of benzene rings is 2. The molecule has 0 aliphatic carbocycles. The largest absolute Gasteiger partial charge is 0.463 e. The first-order chi connectivity index (χ1) is 30.9. The van der Waals surface area contributed by atoms with Crippen LogP contribution in [0.25, 0.3) is 0 Å². The fourth-order valence-electron chi connectivity index (χ4n) is 6.57. The normalized spacial score (nSPS) is 12.5. The lowest BCUT2D eigenvalue weighted by Crippen LogP contribution is -2.66. The van der Waals surface area contributed by atoms with Crippen molar-refractivity contribution in [2.24, 2.45) is 5.92 Å². The second-order valence-corrected chi connectivity index (χ2v) is 20.0. The molecule has 2 rings (SSSR count). The molecular weight excluding hydrogens is 829 g/mol. The molecule has 0 saturated carbocycles. The van der Waals surface area contributed by atoms with E-state index in [4.69, 9.17) is 61.3 Å². The molecule has 2 aromatic carbocycles. The first-order valence-corrected chi connectivity index (χ1v) is 25.0. The number of esters is 1. The SMILES string of the molecule is CCCCC(CC)C(=O)OCCOCCOCCOCCOCCOCCOCCOCCOCCOCCOCCOCCO[Si](c1ccccc1)(c1ccccc1)C(C)(C)C. The molecule has 0 bridgehead atoms. The van der Waals surface area contributed by atoms with Crippen molar-refractivity contribution in [3.63, 3.8) is 0 Å². The predicted molar refractivity (Wildman–Crippen MR) is 247 cm³/mol. The Morgan fingerprint density at radius 3 is 1.00 bits per heavy atom. The summed E-state index contributed by atoms with van der Waals surface area (Å²) in [6.07, 6.45) is 3.82. The zero-order chi connectivity index (χ0) is 45.4. The van der Waals surface area contributed by atoms with Crippen LogP contribution in [0.2, 0.25) is 5.04 Å². The molecule has 2 aromatic rings. The third-order valence-electron chi connectivity index (χ3n) is 9.89. The summed E-state index contributed by atoms with van der Waals surface area (Å²) in [6.45, 7) is 22.4. The average Bonchev–Trinajstić information content (AvgIpc) is 3.29. The summed E-state index contributed by atoms with van der Waals surface area (Å²) in [5.41, 5.74) is 0. The summed E-state index contributed by atoms with van der Waals surface area (Å²) >= 11 is 0. The zero-order valence-corrected chi connectivity index (χ0v) is 40.4. The molecule has 15 heteroatoms. The molecule has 0 aromatic heterocycles. The Balaban J connectivity index is 1.25. The van der Waals surface area contributed by atoms with Crippen molar-refractivity contribution in [1.82, 2.24) is 0 Å². The van der Waals surface area contributed by atoms with Crippen molar-refractivity contribution in [3.8, 4) is 0 Å². The lowest BCUT2D eigenvalue weighted by atomic mass is 10.00. The number of hydrogen-bond donors (Lipinski definition) is 0. The molecule has 1 unspecified atom stereocenters. The molecular formula is C48H82O14Si. The van der Waals surface area contributed by atoms with Gasteiger partial charge in [0.1, 0.15) is 6.61 Å². The van der Waals surface area contributed by atoms with Crippen LogP contribution in [0.3, 0.4) is 0 Å². The highest BCUT2D eigenvalue weighted by Crippen LogP contribution is 2.36. The van der Waals surface area contributed by atoms with E-state index in [0.29, 0.717) is 152 Å². The van der Waals surface area contributed by atoms with E-state index in [1.54, 1.807) is 0 Å². The maximum atomic E-state index is 12.1. The van der Waals surface area contributed by atoms with Crippen molar-refractivity contribution >= 4 is 24.7 Å². The summed E-state index contributed by atoms with van der Waals surface area (Å²) in [5.74, 6) is -0.130. The quantitative estimate of drug-likeness (QED) is 0.0470. The van der Waals surface area contributed by atoms with Crippen molar-refractivity contribution in [3.05, 3.63) is 60.7 Å². The summed E-state index contributed by atoms with van der Waals surface area (Å²) in [6, 6.07) is 21.3. The molecule has 0 fully saturated rings. The van der Waals surface area contributed by atoms with Gasteiger partial charge in [0, 0.05) is 0 Å². The van der Waals surface area contributed by atoms with Crippen LogP contribution < -0.4 is 10.4 Å². The van der Waals surface area contributed by atoms with Crippen molar-refractivity contribution in [2.75, 3.05) is 159 Å². The van der Waals surface area contributed by atoms with Crippen molar-refractivity contribution < 1.29 is 66.1 Å². The van der Waals surface area contributed by atoms with Gasteiger partial charge in [-0.15, -0.1) is 0 Å². The van der Waals surface area contributed by atoms with E-state index >= 15 is 0 Å². The maximum Gasteiger partial charge on any atom is 0.308 e. The van der Waals surface area contributed by atoms with Crippen LogP contribution in [0.1, 0.15) is 60.3 Å². The van der Waals surface area contributed by atoms with Crippen LogP contribution in [0.5, 0.6) is 0 Å². The minimum atomic E-state index is -2.55. The van der Waals surface area contributed by atoms with Gasteiger partial charge in [-0.05, 0) is 28.3 Å². The zero-order valence-electron chi connectivity index (χ0n) is 39.4. The van der Waals surface area contributed by atoms with E-state index in [0.717, 1.165) is 25.7 Å². The van der Waals surface area contributed by atoms with Gasteiger partial charge < -0.3 is 61.3 Å². The molecule has 1 atom stereocenters. The van der Waals surface area contributed by atoms with Crippen LogP contribution in [-0.2, 0) is 66.1 Å². The van der Waals surface area contributed by atoms with Gasteiger partial charge in [-0.1, -0.05) is 108 Å². The van der Waals surface area contributed by atoms with E-state index in [-0.39, 0.29) is 23.5 Å². The smallest absolute Gasteiger partial charge is 0.308 e. The molecule has 0 heterocycles. The standard InChI is InChI=1S/C48H82O14Si/c1-6-8-15-44(7-2)47(49)61-42-40-59-38-36-57-34-32-55-30-28-53-26-24-51-22-20-50-21-23-52-25-27-54-29-31-56-33-35-58-37-39-60-41-43-62-63(48(3,4)5,45-16-11-9-12-17-45)46-18-13-10-14-19-46/h9-14,16-19,44H,6-8,15,20-43H2,1-5H3. The van der Waals surface area contributed by atoms with E-state index in [9.17, 15) is 4.79 Å². The molecule has 0 radical (unpaired) electrons. The van der Waals surface area contributed by atoms with Crippen molar-refractivity contribution in [2.45, 2.75) is 65.3 Å². The molecule has 0 spiro atoms. The number of carbonyl (C=O) groups is 1. The number of hydrogen-bond acceptors (Lipinski definition) is 14. The Bertz CT molecular complexity index is 1260. The van der Waals surface area contributed by atoms with Gasteiger partial charge in [0.05, 0.1) is 158 Å². The Hall–Kier alpha value is -2.35. The van der Waals surface area contributed by atoms with E-state index in [1.165, 1.54) is 10.4 Å². The lowest BCUT2D eigenvalue weighted by Gasteiger charge is -2.43. The third-order valence-corrected chi connectivity index (χ3v) is 14.9. The Labute approximate surface area is 380 Å². The highest BCUT2D eigenvalue weighted by Gasteiger charge is 2.50. The van der Waals surface area contributed by atoms with Crippen LogP contribution in [0.15, 0.2) is 60.7 Å². The highest BCUT2D eigenvalue weighted by molar-refractivity contribution is 6.99. The van der Waals surface area contributed by atoms with E-state index in [1.807, 2.05) is 6.92 Å². The van der Waals surface area contributed by atoms with E-state index < -0.39 is 8.32 Å². The van der Waals surface area contributed by atoms with Crippen LogP contribution >= 0.6 is 0 Å². The number of rotatable bonds is 44. The first-order valence-electron chi connectivity index (χ1n) is 23.1. The molecule has 0 amide bonds. The molecule has 0 N–H and O–H groups in total. The Morgan fingerprint density at radius 1 is 0.444 bits per heavy atom. The minimum absolute atomic E-state index is 0.00805. The molecule has 0 aliphatic rings. The molecule has 0 aliphatic heterocycles. The average molecular weight is 911 g/mol. The second kappa shape index (κ2) is 38.9. The number of ether oxygens (including phenoxy) is 12. The fraction of sp³-hybridized carbons (Fsp3) is 0.729. The van der Waals surface area contributed by atoms with Crippen LogP contribution in [-0.4, -0.2) is 173 Å². The van der Waals surface area contributed by atoms with Gasteiger partial charge >= 0.3 is 5.97 Å². The van der Waals surface area contributed by atoms with Gasteiger partial charge in [0.15, 0.2) is 0 Å². The first kappa shape index (κ1) is 56.8. The molecule has 0 saturated heterocycles. The van der Waals surface area contributed by atoms with Crippen molar-refractivity contribution in [1.29, 1.82) is 0 Å². The summed E-state index contributed by atoms with van der Waals surface area (Å²) < 4.78 is 73.4. The predicted octanol–water partition coefficient (Wildman–Crippen LogP) is 5.51. The minimum Gasteiger partial charge on any atom is -0.463 e.